The lowest BCUT2D eigenvalue weighted by Gasteiger charge is -2.18. The third kappa shape index (κ3) is 68.0. The van der Waals surface area contributed by atoms with Crippen LogP contribution >= 0.6 is 0 Å². The molecule has 0 aliphatic carbocycles. The molecule has 0 aliphatic rings. The fraction of sp³-hybridized carbons (Fsp3) is 0.853. The van der Waals surface area contributed by atoms with Gasteiger partial charge in [-0.05, 0) is 103 Å². The zero-order chi connectivity index (χ0) is 58.5. The molecule has 0 aromatic heterocycles. The van der Waals surface area contributed by atoms with Crippen LogP contribution in [0.25, 0.3) is 0 Å². The van der Waals surface area contributed by atoms with E-state index in [-0.39, 0.29) is 31.1 Å². The van der Waals surface area contributed by atoms with E-state index in [0.717, 1.165) is 64.2 Å². The molecule has 0 radical (unpaired) electrons. The maximum atomic E-state index is 13.0. The lowest BCUT2D eigenvalue weighted by molar-refractivity contribution is -0.167. The highest BCUT2D eigenvalue weighted by Crippen LogP contribution is 2.18. The lowest BCUT2D eigenvalue weighted by atomic mass is 10.0. The van der Waals surface area contributed by atoms with Crippen molar-refractivity contribution >= 4 is 17.9 Å². The van der Waals surface area contributed by atoms with Gasteiger partial charge in [0.25, 0.3) is 0 Å². The summed E-state index contributed by atoms with van der Waals surface area (Å²) in [5, 5.41) is 0. The van der Waals surface area contributed by atoms with Gasteiger partial charge in [0, 0.05) is 19.3 Å². The van der Waals surface area contributed by atoms with Gasteiger partial charge in [-0.25, -0.2) is 0 Å². The summed E-state index contributed by atoms with van der Waals surface area (Å²) in [5.74, 6) is -0.853. The third-order valence-corrected chi connectivity index (χ3v) is 16.3. The lowest BCUT2D eigenvalue weighted by Crippen LogP contribution is -2.30. The highest BCUT2D eigenvalue weighted by atomic mass is 16.6. The first kappa shape index (κ1) is 78.4. The van der Waals surface area contributed by atoms with Crippen LogP contribution in [0.2, 0.25) is 0 Å². The number of rotatable bonds is 67. The molecule has 0 aliphatic heterocycles. The molecule has 0 saturated heterocycles. The van der Waals surface area contributed by atoms with Crippen LogP contribution in [0.4, 0.5) is 0 Å². The Morgan fingerprint density at radius 2 is 0.444 bits per heavy atom. The Kier molecular flexibility index (Phi) is 67.6. The number of carbonyl (C=O) groups is 3. The molecule has 474 valence electrons. The van der Waals surface area contributed by atoms with Gasteiger partial charge >= 0.3 is 17.9 Å². The van der Waals surface area contributed by atoms with Gasteiger partial charge in [0.2, 0.25) is 0 Å². The van der Waals surface area contributed by atoms with Gasteiger partial charge in [0.05, 0.1) is 0 Å². The number of esters is 3. The topological polar surface area (TPSA) is 78.9 Å². The Balaban J connectivity index is 4.32. The first-order valence-electron chi connectivity index (χ1n) is 36.1. The Labute approximate surface area is 505 Å². The van der Waals surface area contributed by atoms with E-state index in [9.17, 15) is 14.4 Å². The molecule has 0 amide bonds. The van der Waals surface area contributed by atoms with Crippen LogP contribution < -0.4 is 0 Å². The number of unbranched alkanes of at least 4 members (excludes halogenated alkanes) is 48. The molecule has 0 aromatic carbocycles. The predicted molar refractivity (Wildman–Crippen MR) is 353 cm³/mol. The average molecular weight is 1140 g/mol. The Bertz CT molecular complexity index is 1400. The zero-order valence-electron chi connectivity index (χ0n) is 54.6. The Morgan fingerprint density at radius 1 is 0.247 bits per heavy atom. The van der Waals surface area contributed by atoms with E-state index in [1.807, 2.05) is 0 Å². The molecule has 0 rings (SSSR count). The van der Waals surface area contributed by atoms with Gasteiger partial charge < -0.3 is 14.2 Å². The third-order valence-electron chi connectivity index (χ3n) is 16.3. The van der Waals surface area contributed by atoms with Crippen molar-refractivity contribution in [2.24, 2.45) is 0 Å². The summed E-state index contributed by atoms with van der Waals surface area (Å²) in [4.78, 5) is 38.5. The highest BCUT2D eigenvalue weighted by Gasteiger charge is 2.19. The van der Waals surface area contributed by atoms with E-state index in [2.05, 4.69) is 69.4 Å². The summed E-state index contributed by atoms with van der Waals surface area (Å²) in [6.45, 7) is 6.69. The smallest absolute Gasteiger partial charge is 0.306 e. The van der Waals surface area contributed by atoms with Crippen LogP contribution in [0.15, 0.2) is 48.6 Å². The van der Waals surface area contributed by atoms with Crippen molar-refractivity contribution in [1.82, 2.24) is 0 Å². The van der Waals surface area contributed by atoms with E-state index in [1.165, 1.54) is 289 Å². The average Bonchev–Trinajstić information content (AvgIpc) is 3.47. The Hall–Kier alpha value is -2.63. The van der Waals surface area contributed by atoms with Gasteiger partial charge in [-0.15, -0.1) is 0 Å². The van der Waals surface area contributed by atoms with Crippen molar-refractivity contribution < 1.29 is 28.6 Å². The summed E-state index contributed by atoms with van der Waals surface area (Å²) >= 11 is 0. The minimum absolute atomic E-state index is 0.0725. The van der Waals surface area contributed by atoms with E-state index >= 15 is 0 Å². The normalized spacial score (nSPS) is 12.3. The first-order chi connectivity index (χ1) is 40.0. The maximum Gasteiger partial charge on any atom is 0.306 e. The quantitative estimate of drug-likeness (QED) is 0.0261. The second-order valence-corrected chi connectivity index (χ2v) is 24.5. The molecule has 6 heteroatoms. The van der Waals surface area contributed by atoms with Crippen LogP contribution in [0.3, 0.4) is 0 Å². The highest BCUT2D eigenvalue weighted by molar-refractivity contribution is 5.71. The van der Waals surface area contributed by atoms with Gasteiger partial charge in [-0.3, -0.25) is 14.4 Å². The van der Waals surface area contributed by atoms with Crippen LogP contribution in [0.5, 0.6) is 0 Å². The van der Waals surface area contributed by atoms with E-state index in [0.29, 0.717) is 19.3 Å². The minimum Gasteiger partial charge on any atom is -0.462 e. The number of ether oxygens (including phenoxy) is 3. The van der Waals surface area contributed by atoms with Gasteiger partial charge in [-0.2, -0.15) is 0 Å². The fourth-order valence-corrected chi connectivity index (χ4v) is 10.8. The molecule has 0 saturated carbocycles. The van der Waals surface area contributed by atoms with Crippen molar-refractivity contribution in [2.75, 3.05) is 13.2 Å². The number of carbonyl (C=O) groups excluding carboxylic acids is 3. The fourth-order valence-electron chi connectivity index (χ4n) is 10.8. The molecular formula is C75H138O6. The summed E-state index contributed by atoms with van der Waals surface area (Å²) < 4.78 is 17.0. The molecule has 6 nitrogen and oxygen atoms in total. The predicted octanol–water partition coefficient (Wildman–Crippen LogP) is 24.9. The van der Waals surface area contributed by atoms with Crippen molar-refractivity contribution in [3.8, 4) is 0 Å². The standard InChI is InChI=1S/C75H138O6/c1-4-7-10-13-16-19-22-25-28-31-33-35-37-39-41-44-47-50-53-56-59-62-65-68-74(77)80-71-72(70-79-73(76)67-64-61-58-55-52-49-46-43-30-27-24-21-18-15-12-9-6-3)81-75(78)69-66-63-60-57-54-51-48-45-42-40-38-36-34-32-29-26-23-20-17-14-11-8-5-2/h22,25,27,30-34,72H,4-21,23-24,26,28-29,35-71H2,1-3H3/b25-22-,30-27-,33-31-,34-32-. The van der Waals surface area contributed by atoms with E-state index < -0.39 is 6.10 Å². The van der Waals surface area contributed by atoms with Crippen LogP contribution in [-0.2, 0) is 28.6 Å². The Morgan fingerprint density at radius 3 is 0.691 bits per heavy atom. The molecule has 0 fully saturated rings. The molecule has 1 unspecified atom stereocenters. The van der Waals surface area contributed by atoms with Crippen LogP contribution in [0, 0.1) is 0 Å². The number of hydrogen-bond acceptors (Lipinski definition) is 6. The molecule has 0 bridgehead atoms. The summed E-state index contributed by atoms with van der Waals surface area (Å²) in [5.41, 5.74) is 0. The first-order valence-corrected chi connectivity index (χ1v) is 36.1. The number of allylic oxidation sites excluding steroid dienone is 8. The zero-order valence-corrected chi connectivity index (χ0v) is 54.6. The van der Waals surface area contributed by atoms with Crippen molar-refractivity contribution in [3.63, 3.8) is 0 Å². The van der Waals surface area contributed by atoms with E-state index in [4.69, 9.17) is 14.2 Å². The molecule has 81 heavy (non-hydrogen) atoms. The summed E-state index contributed by atoms with van der Waals surface area (Å²) in [6.07, 6.45) is 88.5. The van der Waals surface area contributed by atoms with Crippen molar-refractivity contribution in [1.29, 1.82) is 0 Å². The van der Waals surface area contributed by atoms with Crippen molar-refractivity contribution in [3.05, 3.63) is 48.6 Å². The summed E-state index contributed by atoms with van der Waals surface area (Å²) in [7, 11) is 0. The molecular weight excluding hydrogens is 997 g/mol. The van der Waals surface area contributed by atoms with Gasteiger partial charge in [0.15, 0.2) is 6.10 Å². The van der Waals surface area contributed by atoms with Gasteiger partial charge in [0.1, 0.15) is 13.2 Å². The van der Waals surface area contributed by atoms with Crippen LogP contribution in [-0.4, -0.2) is 37.2 Å². The monoisotopic (exact) mass is 1140 g/mol. The SMILES string of the molecule is CCCCCCC/C=C\C/C=C\CCCCCCCCCCCCCC(=O)OCC(COC(=O)CCCCCCCCC/C=C\CCCCCCCC)OC(=O)CCCCCCCCCCCCC/C=C\CCCCCCCCCC. The second kappa shape index (κ2) is 69.9. The van der Waals surface area contributed by atoms with Crippen LogP contribution in [0.1, 0.15) is 393 Å². The van der Waals surface area contributed by atoms with Gasteiger partial charge in [-0.1, -0.05) is 320 Å². The van der Waals surface area contributed by atoms with E-state index in [1.54, 1.807) is 0 Å². The van der Waals surface area contributed by atoms with Crippen molar-refractivity contribution in [2.45, 2.75) is 399 Å². The molecule has 0 aromatic rings. The molecule has 1 atom stereocenters. The maximum absolute atomic E-state index is 13.0. The summed E-state index contributed by atoms with van der Waals surface area (Å²) in [6, 6.07) is 0. The largest absolute Gasteiger partial charge is 0.462 e. The molecule has 0 N–H and O–H groups in total. The minimum atomic E-state index is -0.777. The molecule has 0 spiro atoms. The molecule has 0 heterocycles. The number of hydrogen-bond donors (Lipinski definition) is 0. The second-order valence-electron chi connectivity index (χ2n) is 24.5.